The summed E-state index contributed by atoms with van der Waals surface area (Å²) < 4.78 is 4.13. The Hall–Kier alpha value is -3.52. The number of aryl methyl sites for hydroxylation is 1. The van der Waals surface area contributed by atoms with Gasteiger partial charge in [0.25, 0.3) is 11.1 Å². The molecule has 0 bridgehead atoms. The van der Waals surface area contributed by atoms with Crippen molar-refractivity contribution in [1.29, 1.82) is 0 Å². The molecule has 0 amide bonds. The van der Waals surface area contributed by atoms with Crippen LogP contribution in [0, 0.1) is 0 Å². The second-order valence-electron chi connectivity index (χ2n) is 7.35. The Bertz CT molecular complexity index is 1520. The van der Waals surface area contributed by atoms with Crippen molar-refractivity contribution in [1.82, 2.24) is 18.7 Å². The van der Waals surface area contributed by atoms with Crippen molar-refractivity contribution in [3.63, 3.8) is 0 Å². The van der Waals surface area contributed by atoms with Gasteiger partial charge in [0.2, 0.25) is 0 Å². The van der Waals surface area contributed by atoms with Crippen molar-refractivity contribution >= 4 is 33.2 Å². The van der Waals surface area contributed by atoms with Crippen LogP contribution in [0.4, 0.5) is 0 Å². The van der Waals surface area contributed by atoms with Crippen LogP contribution >= 0.6 is 11.3 Å². The van der Waals surface area contributed by atoms with Crippen LogP contribution in [0.25, 0.3) is 33.0 Å². The van der Waals surface area contributed by atoms with E-state index in [1.807, 2.05) is 35.7 Å². The summed E-state index contributed by atoms with van der Waals surface area (Å²) in [5.74, 6) is 0.588. The molecule has 0 aliphatic carbocycles. The minimum Gasteiger partial charge on any atom is -0.303 e. The van der Waals surface area contributed by atoms with E-state index in [1.165, 1.54) is 29.1 Å². The van der Waals surface area contributed by atoms with Gasteiger partial charge < -0.3 is 4.57 Å². The van der Waals surface area contributed by atoms with Crippen LogP contribution in [0.5, 0.6) is 0 Å². The molecule has 8 heteroatoms. The molecule has 4 aromatic rings. The molecule has 0 atom stereocenters. The van der Waals surface area contributed by atoms with E-state index in [-0.39, 0.29) is 16.8 Å². The van der Waals surface area contributed by atoms with Gasteiger partial charge in [-0.25, -0.2) is 9.78 Å². The highest BCUT2D eigenvalue weighted by molar-refractivity contribution is 7.17. The van der Waals surface area contributed by atoms with Crippen LogP contribution in [-0.2, 0) is 20.6 Å². The molecule has 1 aliphatic rings. The summed E-state index contributed by atoms with van der Waals surface area (Å²) in [5.41, 5.74) is 2.30. The molecule has 0 N–H and O–H groups in total. The van der Waals surface area contributed by atoms with Gasteiger partial charge in [-0.1, -0.05) is 30.3 Å². The van der Waals surface area contributed by atoms with Crippen molar-refractivity contribution in [3.8, 4) is 11.1 Å². The van der Waals surface area contributed by atoms with Crippen molar-refractivity contribution in [2.45, 2.75) is 13.0 Å². The fraction of sp³-hybridized carbons (Fsp3) is 0.182. The van der Waals surface area contributed by atoms with Crippen LogP contribution in [0.1, 0.15) is 17.8 Å². The molecular weight excluding hydrogens is 400 g/mol. The third-order valence-electron chi connectivity index (χ3n) is 5.47. The summed E-state index contributed by atoms with van der Waals surface area (Å²) in [6.07, 6.45) is 3.87. The van der Waals surface area contributed by atoms with Gasteiger partial charge in [0.05, 0.1) is 10.9 Å². The highest BCUT2D eigenvalue weighted by Crippen LogP contribution is 2.34. The van der Waals surface area contributed by atoms with Gasteiger partial charge in [0.1, 0.15) is 10.7 Å². The summed E-state index contributed by atoms with van der Waals surface area (Å²) in [6.45, 7) is 0.513. The van der Waals surface area contributed by atoms with Crippen molar-refractivity contribution in [3.05, 3.63) is 84.5 Å². The van der Waals surface area contributed by atoms with E-state index >= 15 is 0 Å². The first-order valence-electron chi connectivity index (χ1n) is 9.51. The standard InChI is InChI=1S/C22H18N4O3S/c1-24-11-15(20(27)25(2)22(24)29)10-14-8-9-26-18(14)23-19-17(21(26)28)16(12-30-19)13-6-4-3-5-7-13/h3-7,10-12H,8-9H2,1-2H3/b14-10+. The highest BCUT2D eigenvalue weighted by atomic mass is 32.1. The zero-order valence-electron chi connectivity index (χ0n) is 16.5. The lowest BCUT2D eigenvalue weighted by Crippen LogP contribution is -2.37. The zero-order chi connectivity index (χ0) is 21.0. The number of allylic oxidation sites excluding steroid dienone is 1. The van der Waals surface area contributed by atoms with Gasteiger partial charge in [-0.05, 0) is 23.6 Å². The normalized spacial score (nSPS) is 14.5. The van der Waals surface area contributed by atoms with E-state index in [0.29, 0.717) is 34.6 Å². The topological polar surface area (TPSA) is 78.9 Å². The lowest BCUT2D eigenvalue weighted by atomic mass is 10.1. The van der Waals surface area contributed by atoms with E-state index in [9.17, 15) is 14.4 Å². The molecule has 7 nitrogen and oxygen atoms in total. The average molecular weight is 418 g/mol. The monoisotopic (exact) mass is 418 g/mol. The van der Waals surface area contributed by atoms with Crippen molar-refractivity contribution in [2.24, 2.45) is 14.1 Å². The SMILES string of the molecule is Cn1cc(/C=C2\CCn3c2nc2scc(-c4ccccc4)c2c3=O)c(=O)n(C)c1=O. The van der Waals surface area contributed by atoms with Gasteiger partial charge in [-0.15, -0.1) is 11.3 Å². The molecule has 0 saturated heterocycles. The fourth-order valence-electron chi connectivity index (χ4n) is 3.91. The summed E-state index contributed by atoms with van der Waals surface area (Å²) in [7, 11) is 3.06. The predicted octanol–water partition coefficient (Wildman–Crippen LogP) is 2.47. The summed E-state index contributed by atoms with van der Waals surface area (Å²) in [6, 6.07) is 9.82. The second-order valence-corrected chi connectivity index (χ2v) is 8.21. The number of thiophene rings is 1. The third-order valence-corrected chi connectivity index (χ3v) is 6.35. The molecule has 3 aromatic heterocycles. The van der Waals surface area contributed by atoms with Crippen LogP contribution in [-0.4, -0.2) is 18.7 Å². The van der Waals surface area contributed by atoms with Crippen LogP contribution < -0.4 is 16.8 Å². The van der Waals surface area contributed by atoms with Crippen molar-refractivity contribution < 1.29 is 0 Å². The second kappa shape index (κ2) is 6.77. The number of rotatable bonds is 2. The van der Waals surface area contributed by atoms with E-state index in [2.05, 4.69) is 0 Å². The maximum Gasteiger partial charge on any atom is 0.330 e. The third kappa shape index (κ3) is 2.72. The lowest BCUT2D eigenvalue weighted by Gasteiger charge is -2.06. The molecule has 1 aromatic carbocycles. The minimum atomic E-state index is -0.378. The molecule has 0 saturated carbocycles. The Morgan fingerprint density at radius 2 is 1.83 bits per heavy atom. The van der Waals surface area contributed by atoms with E-state index in [4.69, 9.17) is 4.98 Å². The number of benzene rings is 1. The maximum absolute atomic E-state index is 13.3. The smallest absolute Gasteiger partial charge is 0.303 e. The number of aromatic nitrogens is 4. The minimum absolute atomic E-state index is 0.0631. The quantitative estimate of drug-likeness (QED) is 0.501. The summed E-state index contributed by atoms with van der Waals surface area (Å²) in [4.78, 5) is 43.2. The zero-order valence-corrected chi connectivity index (χ0v) is 17.3. The highest BCUT2D eigenvalue weighted by Gasteiger charge is 2.24. The molecule has 5 rings (SSSR count). The molecule has 150 valence electrons. The van der Waals surface area contributed by atoms with Gasteiger partial charge in [-0.2, -0.15) is 0 Å². The molecule has 1 aliphatic heterocycles. The van der Waals surface area contributed by atoms with E-state index in [0.717, 1.165) is 21.3 Å². The Kier molecular flexibility index (Phi) is 4.18. The number of hydrogen-bond acceptors (Lipinski definition) is 5. The number of nitrogens with zero attached hydrogens (tertiary/aromatic N) is 4. The van der Waals surface area contributed by atoms with Gasteiger partial charge in [-0.3, -0.25) is 18.7 Å². The van der Waals surface area contributed by atoms with Crippen LogP contribution in [0.2, 0.25) is 0 Å². The summed E-state index contributed by atoms with van der Waals surface area (Å²) in [5, 5.41) is 2.60. The van der Waals surface area contributed by atoms with Crippen LogP contribution in [0.3, 0.4) is 0 Å². The number of fused-ring (bicyclic) bond motifs is 2. The fourth-order valence-corrected chi connectivity index (χ4v) is 4.85. The molecule has 4 heterocycles. The van der Waals surface area contributed by atoms with Crippen LogP contribution in [0.15, 0.2) is 56.3 Å². The first-order valence-corrected chi connectivity index (χ1v) is 10.4. The van der Waals surface area contributed by atoms with E-state index in [1.54, 1.807) is 17.7 Å². The van der Waals surface area contributed by atoms with E-state index < -0.39 is 0 Å². The van der Waals surface area contributed by atoms with Gasteiger partial charge >= 0.3 is 5.69 Å². The molecular formula is C22H18N4O3S. The molecule has 30 heavy (non-hydrogen) atoms. The maximum atomic E-state index is 13.3. The first-order chi connectivity index (χ1) is 14.5. The lowest BCUT2D eigenvalue weighted by molar-refractivity contribution is 0.683. The molecule has 0 spiro atoms. The first kappa shape index (κ1) is 18.5. The Labute approximate surface area is 174 Å². The van der Waals surface area contributed by atoms with Gasteiger partial charge in [0.15, 0.2) is 0 Å². The molecule has 0 fully saturated rings. The summed E-state index contributed by atoms with van der Waals surface area (Å²) >= 11 is 1.44. The van der Waals surface area contributed by atoms with Gasteiger partial charge in [0, 0.05) is 37.8 Å². The Morgan fingerprint density at radius 3 is 2.60 bits per heavy atom. The molecule has 0 radical (unpaired) electrons. The molecule has 0 unspecified atom stereocenters. The van der Waals surface area contributed by atoms with Crippen molar-refractivity contribution in [2.75, 3.05) is 0 Å². The predicted molar refractivity (Wildman–Crippen MR) is 119 cm³/mol. The average Bonchev–Trinajstić information content (AvgIpc) is 3.36. The Morgan fingerprint density at radius 1 is 1.07 bits per heavy atom. The Balaban J connectivity index is 1.69. The number of hydrogen-bond donors (Lipinski definition) is 0. The largest absolute Gasteiger partial charge is 0.330 e.